The predicted octanol–water partition coefficient (Wildman–Crippen LogP) is 0.349. The van der Waals surface area contributed by atoms with Gasteiger partial charge >= 0.3 is 29.6 Å². The minimum Gasteiger partial charge on any atom is -0.744 e. The molecule has 4 rings (SSSR count). The Kier molecular flexibility index (Phi) is 6.10. The summed E-state index contributed by atoms with van der Waals surface area (Å²) in [4.78, 5) is 25.4. The van der Waals surface area contributed by atoms with E-state index in [2.05, 4.69) is 5.32 Å². The molecule has 30 heavy (non-hydrogen) atoms. The second kappa shape index (κ2) is 8.14. The van der Waals surface area contributed by atoms with E-state index < -0.39 is 32.3 Å². The maximum Gasteiger partial charge on any atom is 1.00 e. The van der Waals surface area contributed by atoms with Crippen molar-refractivity contribution in [3.05, 3.63) is 81.9 Å². The van der Waals surface area contributed by atoms with Gasteiger partial charge in [-0.25, -0.2) is 8.42 Å². The second-order valence-corrected chi connectivity index (χ2v) is 8.16. The second-order valence-electron chi connectivity index (χ2n) is 6.38. The van der Waals surface area contributed by atoms with E-state index in [1.165, 1.54) is 12.1 Å². The van der Waals surface area contributed by atoms with Gasteiger partial charge in [-0.2, -0.15) is 0 Å². The Morgan fingerprint density at radius 1 is 0.900 bits per heavy atom. The monoisotopic (exact) mass is 450 g/mol. The molecule has 10 heteroatoms. The van der Waals surface area contributed by atoms with E-state index in [4.69, 9.17) is 17.3 Å². The molecule has 0 heterocycles. The predicted molar refractivity (Wildman–Crippen MR) is 107 cm³/mol. The van der Waals surface area contributed by atoms with Crippen molar-refractivity contribution in [3.63, 3.8) is 0 Å². The summed E-state index contributed by atoms with van der Waals surface area (Å²) in [5.74, 6) is -1.14. The maximum absolute atomic E-state index is 13.1. The number of nitrogen functional groups attached to an aromatic ring is 1. The minimum atomic E-state index is -5.01. The molecule has 3 aromatic carbocycles. The molecular weight excluding hydrogens is 439 g/mol. The number of hydrogen-bond donors (Lipinski definition) is 2. The average molecular weight is 451 g/mol. The Bertz CT molecular complexity index is 1320. The fourth-order valence-corrected chi connectivity index (χ4v) is 4.14. The molecule has 0 saturated carbocycles. The zero-order valence-electron chi connectivity index (χ0n) is 15.6. The first-order valence-corrected chi connectivity index (χ1v) is 10.1. The zero-order valence-corrected chi connectivity index (χ0v) is 19.2. The van der Waals surface area contributed by atoms with Crippen molar-refractivity contribution >= 4 is 50.3 Å². The van der Waals surface area contributed by atoms with Gasteiger partial charge in [0, 0.05) is 21.8 Å². The molecule has 0 fully saturated rings. The third kappa shape index (κ3) is 3.78. The molecule has 0 aliphatic heterocycles. The number of anilines is 3. The Labute approximate surface area is 199 Å². The normalized spacial score (nSPS) is 12.6. The van der Waals surface area contributed by atoms with E-state index in [0.717, 1.165) is 6.07 Å². The van der Waals surface area contributed by atoms with Gasteiger partial charge in [0.1, 0.15) is 10.1 Å². The van der Waals surface area contributed by atoms with Crippen LogP contribution in [0.4, 0.5) is 17.1 Å². The van der Waals surface area contributed by atoms with Gasteiger partial charge < -0.3 is 15.6 Å². The van der Waals surface area contributed by atoms with Gasteiger partial charge in [0.15, 0.2) is 11.6 Å². The molecule has 0 aromatic heterocycles. The van der Waals surface area contributed by atoms with Crippen molar-refractivity contribution in [1.82, 2.24) is 0 Å². The van der Waals surface area contributed by atoms with Crippen LogP contribution in [0.2, 0.25) is 5.02 Å². The van der Waals surface area contributed by atoms with Crippen molar-refractivity contribution in [2.24, 2.45) is 0 Å². The molecule has 146 valence electrons. The average Bonchev–Trinajstić information content (AvgIpc) is 2.66. The number of ketones is 2. The molecule has 0 bridgehead atoms. The van der Waals surface area contributed by atoms with E-state index in [1.807, 2.05) is 0 Å². The summed E-state index contributed by atoms with van der Waals surface area (Å²) in [5, 5.41) is 3.27. The Morgan fingerprint density at radius 2 is 1.50 bits per heavy atom. The van der Waals surface area contributed by atoms with Crippen LogP contribution >= 0.6 is 11.6 Å². The summed E-state index contributed by atoms with van der Waals surface area (Å²) in [6, 6.07) is 13.5. The van der Waals surface area contributed by atoms with Crippen molar-refractivity contribution in [2.45, 2.75) is 4.90 Å². The molecule has 0 atom stereocenters. The number of nitrogens with two attached hydrogens (primary N) is 1. The fraction of sp³-hybridized carbons (Fsp3) is 0. The Hall–Kier alpha value is -2.20. The first kappa shape index (κ1) is 22.5. The third-order valence-electron chi connectivity index (χ3n) is 4.57. The van der Waals surface area contributed by atoms with Crippen molar-refractivity contribution in [2.75, 3.05) is 11.1 Å². The summed E-state index contributed by atoms with van der Waals surface area (Å²) in [7, 11) is -5.01. The molecule has 0 radical (unpaired) electrons. The molecule has 3 aromatic rings. The minimum absolute atomic E-state index is 0. The van der Waals surface area contributed by atoms with Crippen LogP contribution in [0.3, 0.4) is 0 Å². The Balaban J connectivity index is 0.00000256. The van der Waals surface area contributed by atoms with Crippen LogP contribution < -0.4 is 40.6 Å². The number of benzene rings is 3. The number of hydrogen-bond acceptors (Lipinski definition) is 7. The number of carbonyl (C=O) groups excluding carboxylic acids is 2. The van der Waals surface area contributed by atoms with E-state index in [0.29, 0.717) is 10.7 Å². The summed E-state index contributed by atoms with van der Waals surface area (Å²) < 4.78 is 35.3. The van der Waals surface area contributed by atoms with Gasteiger partial charge in [-0.1, -0.05) is 41.9 Å². The van der Waals surface area contributed by atoms with Crippen molar-refractivity contribution in [1.29, 1.82) is 0 Å². The van der Waals surface area contributed by atoms with Gasteiger partial charge in [0.2, 0.25) is 0 Å². The molecule has 0 spiro atoms. The largest absolute Gasteiger partial charge is 1.00 e. The molecule has 0 amide bonds. The van der Waals surface area contributed by atoms with E-state index in [-0.39, 0.29) is 57.5 Å². The van der Waals surface area contributed by atoms with E-state index >= 15 is 0 Å². The van der Waals surface area contributed by atoms with Gasteiger partial charge in [-0.15, -0.1) is 0 Å². The third-order valence-corrected chi connectivity index (χ3v) is 5.68. The van der Waals surface area contributed by atoms with E-state index in [1.54, 1.807) is 36.4 Å². The van der Waals surface area contributed by atoms with Crippen LogP contribution in [-0.4, -0.2) is 24.5 Å². The summed E-state index contributed by atoms with van der Waals surface area (Å²) in [5.41, 5.74) is 5.59. The fourth-order valence-electron chi connectivity index (χ4n) is 3.32. The van der Waals surface area contributed by atoms with Crippen LogP contribution in [0.5, 0.6) is 0 Å². The van der Waals surface area contributed by atoms with E-state index in [9.17, 15) is 22.6 Å². The molecule has 0 saturated heterocycles. The van der Waals surface area contributed by atoms with Crippen LogP contribution in [0.15, 0.2) is 59.5 Å². The first-order chi connectivity index (χ1) is 13.7. The van der Waals surface area contributed by atoms with Crippen molar-refractivity contribution in [3.8, 4) is 0 Å². The SMILES string of the molecule is Nc1c(S(=O)(=O)[O-])cc(Nc2cccc(Cl)c2)c2c1C(=O)c1ccccc1C2=O.[Na+]. The smallest absolute Gasteiger partial charge is 0.744 e. The molecular formula is C20H12ClN2NaO5S. The van der Waals surface area contributed by atoms with Gasteiger partial charge in [0.05, 0.1) is 27.4 Å². The number of carbonyl (C=O) groups is 2. The van der Waals surface area contributed by atoms with Crippen LogP contribution in [0.1, 0.15) is 31.8 Å². The van der Waals surface area contributed by atoms with Gasteiger partial charge in [-0.3, -0.25) is 9.59 Å². The topological polar surface area (TPSA) is 129 Å². The van der Waals surface area contributed by atoms with Crippen molar-refractivity contribution < 1.29 is 52.1 Å². The zero-order chi connectivity index (χ0) is 20.9. The standard InChI is InChI=1S/C20H13ClN2O5S.Na/c21-10-4-3-5-11(8-10)23-14-9-15(29(26,27)28)18(22)17-16(14)19(24)12-6-1-2-7-13(12)20(17)25;/h1-9,23H,22H2,(H,26,27,28);/q;+1/p-1. The number of fused-ring (bicyclic) bond motifs is 2. The quantitative estimate of drug-likeness (QED) is 0.262. The van der Waals surface area contributed by atoms with Gasteiger partial charge in [0.25, 0.3) is 0 Å². The van der Waals surface area contributed by atoms with Crippen LogP contribution in [0, 0.1) is 0 Å². The molecule has 1 aliphatic carbocycles. The van der Waals surface area contributed by atoms with Crippen LogP contribution in [-0.2, 0) is 10.1 Å². The van der Waals surface area contributed by atoms with Gasteiger partial charge in [-0.05, 0) is 24.3 Å². The number of halogens is 1. The molecule has 7 nitrogen and oxygen atoms in total. The summed E-state index contributed by atoms with van der Waals surface area (Å²) in [6.07, 6.45) is 0. The first-order valence-electron chi connectivity index (χ1n) is 8.32. The Morgan fingerprint density at radius 3 is 2.07 bits per heavy atom. The summed E-state index contributed by atoms with van der Waals surface area (Å²) in [6.45, 7) is 0. The number of rotatable bonds is 3. The molecule has 0 unspecified atom stereocenters. The summed E-state index contributed by atoms with van der Waals surface area (Å²) >= 11 is 5.98. The molecule has 1 aliphatic rings. The molecule has 3 N–H and O–H groups in total. The maximum atomic E-state index is 13.1. The van der Waals surface area contributed by atoms with Crippen LogP contribution in [0.25, 0.3) is 0 Å². The number of nitrogens with one attached hydrogen (secondary N) is 1.